The second-order valence-electron chi connectivity index (χ2n) is 10.2. The lowest BCUT2D eigenvalue weighted by Crippen LogP contribution is -2.39. The molecule has 2 fully saturated rings. The van der Waals surface area contributed by atoms with Gasteiger partial charge in [0.15, 0.2) is 11.0 Å². The number of carbonyl (C=O) groups is 1. The van der Waals surface area contributed by atoms with E-state index in [-0.39, 0.29) is 29.2 Å². The Kier molecular flexibility index (Phi) is 7.07. The van der Waals surface area contributed by atoms with Crippen molar-refractivity contribution in [2.24, 2.45) is 5.41 Å². The quantitative estimate of drug-likeness (QED) is 0.443. The van der Waals surface area contributed by atoms with Crippen LogP contribution in [0.3, 0.4) is 0 Å². The van der Waals surface area contributed by atoms with E-state index in [0.717, 1.165) is 38.6 Å². The summed E-state index contributed by atoms with van der Waals surface area (Å²) in [6.07, 6.45) is 8.63. The Hall–Kier alpha value is -2.85. The number of rotatable bonds is 7. The molecule has 1 saturated carbocycles. The molecular formula is C26H34N6O3S. The minimum absolute atomic E-state index is 0.0447. The third-order valence-electron chi connectivity index (χ3n) is 7.88. The number of nitrogens with one attached hydrogen (secondary N) is 2. The molecular weight excluding hydrogens is 476 g/mol. The van der Waals surface area contributed by atoms with Crippen molar-refractivity contribution in [3.8, 4) is 5.88 Å². The summed E-state index contributed by atoms with van der Waals surface area (Å²) in [5.74, 6) is 1.15. The second-order valence-corrected chi connectivity index (χ2v) is 11.1. The molecule has 0 unspecified atom stereocenters. The van der Waals surface area contributed by atoms with Crippen molar-refractivity contribution < 1.29 is 14.6 Å². The first-order valence-electron chi connectivity index (χ1n) is 12.8. The number of anilines is 2. The molecule has 0 radical (unpaired) electrons. The van der Waals surface area contributed by atoms with Crippen molar-refractivity contribution in [3.63, 3.8) is 0 Å². The van der Waals surface area contributed by atoms with Gasteiger partial charge in [0.1, 0.15) is 29.2 Å². The zero-order chi connectivity index (χ0) is 25.3. The third-order valence-corrected chi connectivity index (χ3v) is 8.57. The van der Waals surface area contributed by atoms with Crippen LogP contribution in [0.5, 0.6) is 5.88 Å². The predicted octanol–water partition coefficient (Wildman–Crippen LogP) is 5.03. The van der Waals surface area contributed by atoms with Crippen LogP contribution in [-0.4, -0.2) is 62.2 Å². The summed E-state index contributed by atoms with van der Waals surface area (Å²) < 4.78 is 6.28. The number of nitrogens with zero attached hydrogens (tertiary/aromatic N) is 4. The van der Waals surface area contributed by atoms with Crippen LogP contribution in [-0.2, 0) is 4.79 Å². The van der Waals surface area contributed by atoms with E-state index in [1.165, 1.54) is 11.3 Å². The van der Waals surface area contributed by atoms with Crippen molar-refractivity contribution in [2.75, 3.05) is 18.9 Å². The normalized spacial score (nSPS) is 25.8. The molecule has 1 aliphatic heterocycles. The Morgan fingerprint density at radius 3 is 2.83 bits per heavy atom. The molecule has 3 atom stereocenters. The maximum absolute atomic E-state index is 12.9. The first-order valence-corrected chi connectivity index (χ1v) is 13.7. The second kappa shape index (κ2) is 10.3. The molecule has 10 heteroatoms. The Morgan fingerprint density at radius 2 is 2.11 bits per heavy atom. The van der Waals surface area contributed by atoms with Gasteiger partial charge in [-0.2, -0.15) is 4.98 Å². The molecule has 0 aromatic carbocycles. The Balaban J connectivity index is 1.48. The van der Waals surface area contributed by atoms with Crippen LogP contribution >= 0.6 is 11.3 Å². The highest BCUT2D eigenvalue weighted by Gasteiger charge is 2.47. The molecule has 1 spiro atoms. The number of Topliss-reactive ketones (excluding diaryl/α,β-unsaturated/α-hetero) is 1. The fourth-order valence-corrected chi connectivity index (χ4v) is 6.47. The standard InChI is InChI=1S/C26H34N6O3S/c1-16(18-8-6-13-32(18)2)35-21-15-20(30-25-28-12-14-36-25)29-24(31-21)22(27)17-7-5-11-26(23(17)34)10-4-3-9-19(26)33/h12,14-16,18,27,34H,3-11,13H2,1-2H3,(H,28,29,30,31)/t16-,18-,26+/m0/s1. The number of ketones is 1. The fourth-order valence-electron chi connectivity index (χ4n) is 5.93. The van der Waals surface area contributed by atoms with E-state index < -0.39 is 5.41 Å². The molecule has 3 N–H and O–H groups in total. The molecule has 3 heterocycles. The number of ether oxygens (including phenoxy) is 1. The third kappa shape index (κ3) is 4.76. The Labute approximate surface area is 215 Å². The molecule has 0 amide bonds. The van der Waals surface area contributed by atoms with Crippen LogP contribution in [0.2, 0.25) is 0 Å². The number of allylic oxidation sites excluding steroid dienone is 2. The summed E-state index contributed by atoms with van der Waals surface area (Å²) in [5, 5.41) is 26.0. The highest BCUT2D eigenvalue weighted by Crippen LogP contribution is 2.48. The van der Waals surface area contributed by atoms with Crippen molar-refractivity contribution in [1.29, 1.82) is 5.41 Å². The molecule has 2 aromatic rings. The van der Waals surface area contributed by atoms with E-state index in [9.17, 15) is 9.90 Å². The maximum atomic E-state index is 12.9. The number of likely N-dealkylation sites (N-methyl/N-ethyl adjacent to an activating group) is 1. The summed E-state index contributed by atoms with van der Waals surface area (Å²) in [6.45, 7) is 3.09. The van der Waals surface area contributed by atoms with E-state index >= 15 is 0 Å². The van der Waals surface area contributed by atoms with Crippen LogP contribution in [0, 0.1) is 10.8 Å². The number of carbonyl (C=O) groups excluding carboxylic acids is 1. The van der Waals surface area contributed by atoms with Gasteiger partial charge in [0.2, 0.25) is 5.88 Å². The maximum Gasteiger partial charge on any atom is 0.219 e. The molecule has 2 aliphatic carbocycles. The summed E-state index contributed by atoms with van der Waals surface area (Å²) in [7, 11) is 2.11. The van der Waals surface area contributed by atoms with Gasteiger partial charge in [0.05, 0.1) is 5.41 Å². The van der Waals surface area contributed by atoms with Gasteiger partial charge >= 0.3 is 0 Å². The van der Waals surface area contributed by atoms with E-state index in [1.54, 1.807) is 12.3 Å². The molecule has 5 rings (SSSR count). The van der Waals surface area contributed by atoms with E-state index in [1.807, 2.05) is 12.3 Å². The van der Waals surface area contributed by atoms with Crippen molar-refractivity contribution in [3.05, 3.63) is 34.8 Å². The van der Waals surface area contributed by atoms with Gasteiger partial charge in [-0.25, -0.2) is 9.97 Å². The van der Waals surface area contributed by atoms with Crippen LogP contribution in [0.25, 0.3) is 0 Å². The lowest BCUT2D eigenvalue weighted by molar-refractivity contribution is -0.131. The smallest absolute Gasteiger partial charge is 0.219 e. The molecule has 0 bridgehead atoms. The van der Waals surface area contributed by atoms with Crippen LogP contribution < -0.4 is 10.1 Å². The van der Waals surface area contributed by atoms with Crippen LogP contribution in [0.15, 0.2) is 29.0 Å². The van der Waals surface area contributed by atoms with Gasteiger partial charge < -0.3 is 15.2 Å². The lowest BCUT2D eigenvalue weighted by Gasteiger charge is -2.39. The lowest BCUT2D eigenvalue weighted by atomic mass is 9.64. The van der Waals surface area contributed by atoms with Gasteiger partial charge in [0, 0.05) is 35.7 Å². The number of hydrogen-bond donors (Lipinski definition) is 3. The first kappa shape index (κ1) is 24.8. The van der Waals surface area contributed by atoms with E-state index in [2.05, 4.69) is 32.2 Å². The molecule has 1 saturated heterocycles. The molecule has 36 heavy (non-hydrogen) atoms. The number of likely N-dealkylation sites (tertiary alicyclic amines) is 1. The van der Waals surface area contributed by atoms with Crippen molar-refractivity contribution >= 4 is 33.8 Å². The number of aliphatic hydroxyl groups is 1. The molecule has 192 valence electrons. The van der Waals surface area contributed by atoms with Crippen LogP contribution in [0.4, 0.5) is 10.9 Å². The van der Waals surface area contributed by atoms with Crippen molar-refractivity contribution in [1.82, 2.24) is 19.9 Å². The largest absolute Gasteiger partial charge is 0.511 e. The molecule has 2 aromatic heterocycles. The van der Waals surface area contributed by atoms with E-state index in [0.29, 0.717) is 54.1 Å². The Morgan fingerprint density at radius 1 is 1.28 bits per heavy atom. The zero-order valence-electron chi connectivity index (χ0n) is 20.9. The monoisotopic (exact) mass is 510 g/mol. The van der Waals surface area contributed by atoms with Gasteiger partial charge in [-0.15, -0.1) is 11.3 Å². The minimum Gasteiger partial charge on any atom is -0.511 e. The predicted molar refractivity (Wildman–Crippen MR) is 139 cm³/mol. The summed E-state index contributed by atoms with van der Waals surface area (Å²) in [6, 6.07) is 2.02. The van der Waals surface area contributed by atoms with Gasteiger partial charge in [-0.3, -0.25) is 15.1 Å². The average molecular weight is 511 g/mol. The van der Waals surface area contributed by atoms with Gasteiger partial charge in [-0.05, 0) is 65.5 Å². The average Bonchev–Trinajstić information content (AvgIpc) is 3.53. The van der Waals surface area contributed by atoms with Crippen LogP contribution in [0.1, 0.15) is 70.5 Å². The SMILES string of the molecule is C[C@H](Oc1cc(Nc2nccs2)nc(C(=N)C2=C(O)[C@]3(CCCCC3=O)CCC2)n1)[C@@H]1CCCN1C. The first-order chi connectivity index (χ1) is 17.4. The number of aromatic nitrogens is 3. The summed E-state index contributed by atoms with van der Waals surface area (Å²) >= 11 is 1.45. The van der Waals surface area contributed by atoms with Crippen molar-refractivity contribution in [2.45, 2.75) is 76.9 Å². The fraction of sp³-hybridized carbons (Fsp3) is 0.577. The molecule has 9 nitrogen and oxygen atoms in total. The number of thiazole rings is 1. The summed E-state index contributed by atoms with van der Waals surface area (Å²) in [5.41, 5.74) is -0.337. The van der Waals surface area contributed by atoms with Gasteiger partial charge in [0.25, 0.3) is 0 Å². The highest BCUT2D eigenvalue weighted by atomic mass is 32.1. The Bertz CT molecular complexity index is 1170. The molecule has 3 aliphatic rings. The minimum atomic E-state index is -0.851. The zero-order valence-corrected chi connectivity index (χ0v) is 21.7. The highest BCUT2D eigenvalue weighted by molar-refractivity contribution is 7.13. The number of hydrogen-bond acceptors (Lipinski definition) is 10. The summed E-state index contributed by atoms with van der Waals surface area (Å²) in [4.78, 5) is 28.7. The number of aliphatic hydroxyl groups excluding tert-OH is 1. The van der Waals surface area contributed by atoms with E-state index in [4.69, 9.17) is 10.1 Å². The van der Waals surface area contributed by atoms with Gasteiger partial charge in [-0.1, -0.05) is 6.42 Å². The topological polar surface area (TPSA) is 124 Å².